The topological polar surface area (TPSA) is 75.7 Å². The fourth-order valence-corrected chi connectivity index (χ4v) is 4.51. The van der Waals surface area contributed by atoms with Crippen LogP contribution in [0.1, 0.15) is 15.9 Å². The average molecular weight is 396 g/mol. The van der Waals surface area contributed by atoms with Crippen LogP contribution in [-0.4, -0.2) is 33.4 Å². The highest BCUT2D eigenvalue weighted by atomic mass is 32.2. The fraction of sp³-hybridized carbons (Fsp3) is 0.190. The number of carbonyl (C=O) groups excluding carboxylic acids is 1. The number of aryl methyl sites for hydroxylation is 1. The van der Waals surface area contributed by atoms with E-state index in [0.717, 1.165) is 22.0 Å². The lowest BCUT2D eigenvalue weighted by atomic mass is 10.0. The number of rotatable bonds is 3. The standard InChI is InChI=1S/C21H20N2O4S/c1-15-4-2-6-19-18(15)5-3-7-20(19)22-21(24)16-8-10-17(11-9-16)23-14-27-12-13-28(23,25)26/h2-11H,12-14H2,1H3,(H,22,24). The molecule has 1 heterocycles. The van der Waals surface area contributed by atoms with Crippen LogP contribution in [0.15, 0.2) is 60.7 Å². The number of carbonyl (C=O) groups is 1. The number of benzene rings is 3. The van der Waals surface area contributed by atoms with Crippen molar-refractivity contribution in [3.05, 3.63) is 71.8 Å². The number of ether oxygens (including phenoxy) is 1. The van der Waals surface area contributed by atoms with Gasteiger partial charge in [-0.3, -0.25) is 4.79 Å². The van der Waals surface area contributed by atoms with Crippen LogP contribution in [0.3, 0.4) is 0 Å². The summed E-state index contributed by atoms with van der Waals surface area (Å²) in [7, 11) is -3.38. The van der Waals surface area contributed by atoms with E-state index in [1.807, 2.05) is 43.3 Å². The van der Waals surface area contributed by atoms with Crippen molar-refractivity contribution >= 4 is 38.1 Å². The molecule has 28 heavy (non-hydrogen) atoms. The minimum Gasteiger partial charge on any atom is -0.359 e. The normalized spacial score (nSPS) is 16.1. The predicted octanol–water partition coefficient (Wildman–Crippen LogP) is 3.52. The van der Waals surface area contributed by atoms with Crippen molar-refractivity contribution in [2.24, 2.45) is 0 Å². The van der Waals surface area contributed by atoms with Gasteiger partial charge < -0.3 is 10.1 Å². The number of fused-ring (bicyclic) bond motifs is 1. The Hall–Kier alpha value is -2.90. The van der Waals surface area contributed by atoms with Crippen molar-refractivity contribution in [1.82, 2.24) is 0 Å². The van der Waals surface area contributed by atoms with Crippen molar-refractivity contribution in [1.29, 1.82) is 0 Å². The second kappa shape index (κ2) is 7.26. The molecular formula is C21H20N2O4S. The molecule has 7 heteroatoms. The van der Waals surface area contributed by atoms with Gasteiger partial charge in [0.25, 0.3) is 5.91 Å². The zero-order valence-corrected chi connectivity index (χ0v) is 16.2. The van der Waals surface area contributed by atoms with Gasteiger partial charge in [0.1, 0.15) is 6.73 Å². The zero-order valence-electron chi connectivity index (χ0n) is 15.4. The number of nitrogens with one attached hydrogen (secondary N) is 1. The average Bonchev–Trinajstić information content (AvgIpc) is 2.69. The van der Waals surface area contributed by atoms with Gasteiger partial charge in [-0.25, -0.2) is 12.7 Å². The van der Waals surface area contributed by atoms with E-state index in [-0.39, 0.29) is 25.0 Å². The fourth-order valence-electron chi connectivity index (χ4n) is 3.29. The molecule has 144 valence electrons. The van der Waals surface area contributed by atoms with Crippen molar-refractivity contribution in [3.8, 4) is 0 Å². The molecule has 0 aliphatic carbocycles. The van der Waals surface area contributed by atoms with E-state index < -0.39 is 10.0 Å². The van der Waals surface area contributed by atoms with E-state index in [4.69, 9.17) is 4.74 Å². The van der Waals surface area contributed by atoms with E-state index in [1.165, 1.54) is 4.31 Å². The van der Waals surface area contributed by atoms with Crippen molar-refractivity contribution in [2.45, 2.75) is 6.92 Å². The summed E-state index contributed by atoms with van der Waals surface area (Å²) in [4.78, 5) is 12.7. The molecular weight excluding hydrogens is 376 g/mol. The number of nitrogens with zero attached hydrogens (tertiary/aromatic N) is 1. The van der Waals surface area contributed by atoms with Crippen LogP contribution < -0.4 is 9.62 Å². The highest BCUT2D eigenvalue weighted by Crippen LogP contribution is 2.27. The molecule has 4 rings (SSSR count). The minimum absolute atomic E-state index is 0.0107. The summed E-state index contributed by atoms with van der Waals surface area (Å²) in [6.07, 6.45) is 0. The molecule has 3 aromatic rings. The van der Waals surface area contributed by atoms with Gasteiger partial charge >= 0.3 is 0 Å². The number of sulfonamides is 1. The van der Waals surface area contributed by atoms with Gasteiger partial charge in [-0.2, -0.15) is 0 Å². The molecule has 1 aliphatic heterocycles. The van der Waals surface area contributed by atoms with E-state index in [2.05, 4.69) is 5.32 Å². The van der Waals surface area contributed by atoms with Gasteiger partial charge in [0.2, 0.25) is 10.0 Å². The predicted molar refractivity (Wildman–Crippen MR) is 110 cm³/mol. The number of hydrogen-bond donors (Lipinski definition) is 1. The van der Waals surface area contributed by atoms with Crippen LogP contribution in [0.4, 0.5) is 11.4 Å². The van der Waals surface area contributed by atoms with Crippen molar-refractivity contribution < 1.29 is 17.9 Å². The lowest BCUT2D eigenvalue weighted by Gasteiger charge is -2.28. The number of hydrogen-bond acceptors (Lipinski definition) is 4. The van der Waals surface area contributed by atoms with Crippen LogP contribution in [-0.2, 0) is 14.8 Å². The molecule has 1 amide bonds. The van der Waals surface area contributed by atoms with Crippen LogP contribution in [0, 0.1) is 6.92 Å². The molecule has 0 spiro atoms. The van der Waals surface area contributed by atoms with E-state index in [0.29, 0.717) is 11.3 Å². The summed E-state index contributed by atoms with van der Waals surface area (Å²) in [5.41, 5.74) is 2.81. The molecule has 1 N–H and O–H groups in total. The van der Waals surface area contributed by atoms with Crippen molar-refractivity contribution in [2.75, 3.05) is 28.7 Å². The van der Waals surface area contributed by atoms with Gasteiger partial charge in [-0.15, -0.1) is 0 Å². The van der Waals surface area contributed by atoms with E-state index in [9.17, 15) is 13.2 Å². The molecule has 1 aliphatic rings. The Morgan fingerprint density at radius 3 is 2.46 bits per heavy atom. The highest BCUT2D eigenvalue weighted by molar-refractivity contribution is 7.92. The summed E-state index contributed by atoms with van der Waals surface area (Å²) in [6.45, 7) is 2.22. The molecule has 3 aromatic carbocycles. The third kappa shape index (κ3) is 3.46. The van der Waals surface area contributed by atoms with Gasteiger partial charge in [-0.1, -0.05) is 30.3 Å². The Labute approximate surface area is 163 Å². The highest BCUT2D eigenvalue weighted by Gasteiger charge is 2.26. The third-order valence-corrected chi connectivity index (χ3v) is 6.51. The first-order chi connectivity index (χ1) is 13.5. The Balaban J connectivity index is 1.57. The third-order valence-electron chi connectivity index (χ3n) is 4.84. The van der Waals surface area contributed by atoms with Crippen molar-refractivity contribution in [3.63, 3.8) is 0 Å². The monoisotopic (exact) mass is 396 g/mol. The van der Waals surface area contributed by atoms with E-state index in [1.54, 1.807) is 24.3 Å². The lowest BCUT2D eigenvalue weighted by Crippen LogP contribution is -2.41. The van der Waals surface area contributed by atoms with Crippen LogP contribution in [0.2, 0.25) is 0 Å². The molecule has 1 fully saturated rings. The molecule has 0 bridgehead atoms. The quantitative estimate of drug-likeness (QED) is 0.735. The minimum atomic E-state index is -3.38. The number of amides is 1. The summed E-state index contributed by atoms with van der Waals surface area (Å²) in [5, 5.41) is 5.01. The van der Waals surface area contributed by atoms with Gasteiger partial charge in [0.05, 0.1) is 18.0 Å². The lowest BCUT2D eigenvalue weighted by molar-refractivity contribution is 0.102. The molecule has 1 saturated heterocycles. The molecule has 0 radical (unpaired) electrons. The first kappa shape index (κ1) is 18.5. The summed E-state index contributed by atoms with van der Waals surface area (Å²) < 4.78 is 30.8. The SMILES string of the molecule is Cc1cccc2c(NC(=O)c3ccc(N4COCCS4(=O)=O)cc3)cccc12. The van der Waals surface area contributed by atoms with Crippen LogP contribution >= 0.6 is 0 Å². The molecule has 6 nitrogen and oxygen atoms in total. The zero-order chi connectivity index (χ0) is 19.7. The number of anilines is 2. The Kier molecular flexibility index (Phi) is 4.78. The Morgan fingerprint density at radius 2 is 1.71 bits per heavy atom. The molecule has 0 atom stereocenters. The maximum atomic E-state index is 12.7. The van der Waals surface area contributed by atoms with Gasteiger partial charge in [-0.05, 0) is 48.2 Å². The van der Waals surface area contributed by atoms with Gasteiger partial charge in [0, 0.05) is 16.6 Å². The maximum absolute atomic E-state index is 12.7. The second-order valence-corrected chi connectivity index (χ2v) is 8.69. The maximum Gasteiger partial charge on any atom is 0.255 e. The largest absolute Gasteiger partial charge is 0.359 e. The summed E-state index contributed by atoms with van der Waals surface area (Å²) >= 11 is 0. The van der Waals surface area contributed by atoms with E-state index >= 15 is 0 Å². The summed E-state index contributed by atoms with van der Waals surface area (Å²) in [5.74, 6) is -0.297. The molecule has 0 saturated carbocycles. The smallest absolute Gasteiger partial charge is 0.255 e. The first-order valence-corrected chi connectivity index (χ1v) is 10.5. The molecule has 0 aromatic heterocycles. The van der Waals surface area contributed by atoms with Gasteiger partial charge in [0.15, 0.2) is 0 Å². The Morgan fingerprint density at radius 1 is 1.00 bits per heavy atom. The van der Waals surface area contributed by atoms with Crippen LogP contribution in [0.25, 0.3) is 10.8 Å². The second-order valence-electron chi connectivity index (χ2n) is 6.68. The van der Waals surface area contributed by atoms with Crippen LogP contribution in [0.5, 0.6) is 0 Å². The first-order valence-electron chi connectivity index (χ1n) is 8.94. The Bertz CT molecular complexity index is 1140. The summed E-state index contributed by atoms with van der Waals surface area (Å²) in [6, 6.07) is 18.2. The molecule has 0 unspecified atom stereocenters.